The van der Waals surface area contributed by atoms with Crippen molar-refractivity contribution in [3.8, 4) is 11.5 Å². The molecule has 2 amide bonds. The van der Waals surface area contributed by atoms with Gasteiger partial charge in [-0.1, -0.05) is 20.8 Å². The lowest BCUT2D eigenvalue weighted by molar-refractivity contribution is -0.883. The molecule has 3 heterocycles. The number of likely N-dealkylation sites (N-methyl/N-ethyl adjacent to an activating group) is 1. The van der Waals surface area contributed by atoms with Crippen molar-refractivity contribution in [3.63, 3.8) is 0 Å². The predicted octanol–water partition coefficient (Wildman–Crippen LogP) is 2.17. The normalized spacial score (nSPS) is 30.8. The molecule has 0 unspecified atom stereocenters. The molecule has 2 aliphatic carbocycles. The highest BCUT2D eigenvalue weighted by atomic mass is 32.1. The minimum Gasteiger partial charge on any atom is -0.454 e. The van der Waals surface area contributed by atoms with Crippen molar-refractivity contribution in [2.24, 2.45) is 23.2 Å². The molecule has 6 atom stereocenters. The quantitative estimate of drug-likeness (QED) is 0.534. The van der Waals surface area contributed by atoms with Gasteiger partial charge in [-0.3, -0.25) is 14.9 Å². The van der Waals surface area contributed by atoms with Crippen LogP contribution in [0.4, 0.5) is 5.13 Å². The van der Waals surface area contributed by atoms with E-state index in [4.69, 9.17) is 14.5 Å². The van der Waals surface area contributed by atoms with E-state index in [9.17, 15) is 14.7 Å². The molecule has 2 fully saturated rings. The smallest absolute Gasteiger partial charge is 0.257 e. The van der Waals surface area contributed by atoms with Crippen LogP contribution >= 0.6 is 11.3 Å². The van der Waals surface area contributed by atoms with Gasteiger partial charge < -0.3 is 24.4 Å². The number of quaternary nitrogens is 1. The summed E-state index contributed by atoms with van der Waals surface area (Å²) in [4.78, 5) is 35.9. The number of ether oxygens (including phenoxy) is 2. The number of hydrogen-bond acceptors (Lipinski definition) is 7. The van der Waals surface area contributed by atoms with E-state index in [0.717, 1.165) is 51.1 Å². The van der Waals surface area contributed by atoms with Crippen LogP contribution in [0.25, 0.3) is 0 Å². The van der Waals surface area contributed by atoms with Crippen molar-refractivity contribution in [3.05, 3.63) is 34.3 Å². The number of carbonyl (C=O) groups is 2. The zero-order valence-electron chi connectivity index (χ0n) is 23.2. The summed E-state index contributed by atoms with van der Waals surface area (Å²) >= 11 is 1.53. The van der Waals surface area contributed by atoms with Gasteiger partial charge in [0, 0.05) is 22.3 Å². The SMILES string of the molecule is C[C@H](C(=O)N1CC[NH+](C)CC1)[C@@H]1CC[C@]2(C)Cc3sc(NC(=O)c4ccc5c(c4)OCO5)nc3[C@@H](C)[C@@H]2[C@H]1O. The van der Waals surface area contributed by atoms with Crippen LogP contribution in [0.2, 0.25) is 0 Å². The number of carbonyl (C=O) groups excluding carboxylic acids is 2. The molecule has 3 N–H and O–H groups in total. The molecule has 0 radical (unpaired) electrons. The maximum Gasteiger partial charge on any atom is 0.257 e. The van der Waals surface area contributed by atoms with Gasteiger partial charge in [-0.25, -0.2) is 4.98 Å². The summed E-state index contributed by atoms with van der Waals surface area (Å²) in [6.07, 6.45) is 2.05. The number of nitrogens with zero attached hydrogens (tertiary/aromatic N) is 2. The summed E-state index contributed by atoms with van der Waals surface area (Å²) in [5.41, 5.74) is 1.37. The largest absolute Gasteiger partial charge is 0.454 e. The number of aliphatic hydroxyl groups excluding tert-OH is 1. The third-order valence-electron chi connectivity index (χ3n) is 9.74. The Morgan fingerprint density at radius 1 is 1.26 bits per heavy atom. The molecule has 10 heteroatoms. The van der Waals surface area contributed by atoms with Gasteiger partial charge in [0.05, 0.1) is 45.0 Å². The molecule has 6 rings (SSSR count). The summed E-state index contributed by atoms with van der Waals surface area (Å²) in [5, 5.41) is 15.3. The van der Waals surface area contributed by atoms with Crippen molar-refractivity contribution < 1.29 is 29.1 Å². The van der Waals surface area contributed by atoms with Crippen LogP contribution in [0.15, 0.2) is 18.2 Å². The van der Waals surface area contributed by atoms with Gasteiger partial charge >= 0.3 is 0 Å². The minimum atomic E-state index is -0.572. The summed E-state index contributed by atoms with van der Waals surface area (Å²) < 4.78 is 10.8. The second kappa shape index (κ2) is 10.1. The maximum absolute atomic E-state index is 13.4. The van der Waals surface area contributed by atoms with Crippen molar-refractivity contribution in [2.75, 3.05) is 45.3 Å². The van der Waals surface area contributed by atoms with Gasteiger partial charge in [0.1, 0.15) is 0 Å². The third-order valence-corrected chi connectivity index (χ3v) is 10.7. The topological polar surface area (TPSA) is 105 Å². The van der Waals surface area contributed by atoms with Crippen molar-refractivity contribution in [2.45, 2.75) is 52.1 Å². The Labute approximate surface area is 233 Å². The first-order valence-corrected chi connectivity index (χ1v) is 14.9. The van der Waals surface area contributed by atoms with Gasteiger partial charge in [-0.05, 0) is 54.7 Å². The van der Waals surface area contributed by atoms with Crippen LogP contribution in [-0.4, -0.2) is 72.9 Å². The Balaban J connectivity index is 1.18. The Bertz CT molecular complexity index is 1270. The molecule has 1 aromatic heterocycles. The van der Waals surface area contributed by atoms with Gasteiger partial charge in [0.2, 0.25) is 12.7 Å². The van der Waals surface area contributed by atoms with E-state index >= 15 is 0 Å². The number of fused-ring (bicyclic) bond motifs is 3. The van der Waals surface area contributed by atoms with Gasteiger partial charge in [-0.2, -0.15) is 0 Å². The van der Waals surface area contributed by atoms with Crippen LogP contribution < -0.4 is 19.7 Å². The zero-order valence-corrected chi connectivity index (χ0v) is 24.0. The average molecular weight is 556 g/mol. The molecule has 1 saturated heterocycles. The Kier molecular flexibility index (Phi) is 6.84. The molecule has 2 aromatic rings. The molecule has 1 saturated carbocycles. The molecule has 4 aliphatic rings. The average Bonchev–Trinajstić information content (AvgIpc) is 3.54. The fourth-order valence-electron chi connectivity index (χ4n) is 7.39. The number of rotatable bonds is 4. The Morgan fingerprint density at radius 2 is 2.00 bits per heavy atom. The predicted molar refractivity (Wildman–Crippen MR) is 147 cm³/mol. The molecule has 9 nitrogen and oxygen atoms in total. The van der Waals surface area contributed by atoms with E-state index in [1.807, 2.05) is 11.8 Å². The number of hydrogen-bond donors (Lipinski definition) is 3. The van der Waals surface area contributed by atoms with Crippen LogP contribution in [0, 0.1) is 23.2 Å². The van der Waals surface area contributed by atoms with Gasteiger partial charge in [0.15, 0.2) is 16.6 Å². The first kappa shape index (κ1) is 26.5. The van der Waals surface area contributed by atoms with Crippen molar-refractivity contribution >= 4 is 28.3 Å². The number of aromatic nitrogens is 1. The van der Waals surface area contributed by atoms with Gasteiger partial charge in [-0.15, -0.1) is 11.3 Å². The van der Waals surface area contributed by atoms with E-state index in [-0.39, 0.29) is 47.7 Å². The van der Waals surface area contributed by atoms with E-state index in [2.05, 4.69) is 26.2 Å². The van der Waals surface area contributed by atoms with Crippen LogP contribution in [-0.2, 0) is 11.2 Å². The second-order valence-electron chi connectivity index (χ2n) is 12.3. The van der Waals surface area contributed by atoms with E-state index in [1.165, 1.54) is 21.1 Å². The number of nitrogens with one attached hydrogen (secondary N) is 2. The summed E-state index contributed by atoms with van der Waals surface area (Å²) in [5.74, 6) is 0.915. The number of aliphatic hydroxyl groups is 1. The Morgan fingerprint density at radius 3 is 2.77 bits per heavy atom. The molecule has 210 valence electrons. The fraction of sp³-hybridized carbons (Fsp3) is 0.621. The minimum absolute atomic E-state index is 0.00967. The van der Waals surface area contributed by atoms with Crippen LogP contribution in [0.5, 0.6) is 11.5 Å². The number of amides is 2. The summed E-state index contributed by atoms with van der Waals surface area (Å²) in [6, 6.07) is 5.15. The monoisotopic (exact) mass is 555 g/mol. The molecular weight excluding hydrogens is 516 g/mol. The third kappa shape index (κ3) is 4.70. The highest BCUT2D eigenvalue weighted by molar-refractivity contribution is 7.15. The molecule has 1 aromatic carbocycles. The van der Waals surface area contributed by atoms with E-state index in [1.54, 1.807) is 18.2 Å². The molecular formula is C29H39N4O5S+. The fourth-order valence-corrected chi connectivity index (χ4v) is 8.65. The highest BCUT2D eigenvalue weighted by Crippen LogP contribution is 2.57. The number of benzene rings is 1. The van der Waals surface area contributed by atoms with Crippen LogP contribution in [0.3, 0.4) is 0 Å². The number of piperazine rings is 1. The lowest BCUT2D eigenvalue weighted by Gasteiger charge is -2.53. The lowest BCUT2D eigenvalue weighted by Crippen LogP contribution is -3.12. The number of anilines is 1. The summed E-state index contributed by atoms with van der Waals surface area (Å²) in [7, 11) is 2.17. The first-order valence-electron chi connectivity index (χ1n) is 14.1. The first-order chi connectivity index (χ1) is 18.6. The van der Waals surface area contributed by atoms with Gasteiger partial charge in [0.25, 0.3) is 5.91 Å². The molecule has 2 aliphatic heterocycles. The number of thiazole rings is 1. The second-order valence-corrected chi connectivity index (χ2v) is 13.3. The Hall–Kier alpha value is -2.69. The van der Waals surface area contributed by atoms with E-state index < -0.39 is 6.10 Å². The molecule has 39 heavy (non-hydrogen) atoms. The lowest BCUT2D eigenvalue weighted by atomic mass is 9.53. The van der Waals surface area contributed by atoms with Crippen molar-refractivity contribution in [1.29, 1.82) is 0 Å². The van der Waals surface area contributed by atoms with Crippen LogP contribution in [0.1, 0.15) is 60.5 Å². The summed E-state index contributed by atoms with van der Waals surface area (Å²) in [6.45, 7) is 10.1. The van der Waals surface area contributed by atoms with E-state index in [0.29, 0.717) is 22.2 Å². The standard InChI is InChI=1S/C29H38N4O5S/c1-16(27(36)33-11-9-32(4)10-12-33)19-7-8-29(3)14-22-24(17(2)23(29)25(19)34)30-28(39-22)31-26(35)18-5-6-20-21(13-18)38-15-37-20/h5-6,13,16-17,19,23,25,34H,7-12,14-15H2,1-4H3,(H,30,31,35)/p+1/t16-,17-,19-,23+,25-,29+/m0/s1. The zero-order chi connectivity index (χ0) is 27.5. The molecule has 0 bridgehead atoms. The maximum atomic E-state index is 13.4. The van der Waals surface area contributed by atoms with Crippen molar-refractivity contribution in [1.82, 2.24) is 9.88 Å². The molecule has 0 spiro atoms. The highest BCUT2D eigenvalue weighted by Gasteiger charge is 2.54.